The first-order valence-corrected chi connectivity index (χ1v) is 35.0. The Bertz CT molecular complexity index is 3990. The highest BCUT2D eigenvalue weighted by atomic mass is 19.1. The van der Waals surface area contributed by atoms with Crippen molar-refractivity contribution in [2.75, 3.05) is 103 Å². The van der Waals surface area contributed by atoms with Gasteiger partial charge in [-0.2, -0.15) is 0 Å². The largest absolute Gasteiger partial charge is 0.436 e. The molecule has 6 saturated heterocycles. The average Bonchev–Trinajstić information content (AvgIpc) is 1.60. The predicted octanol–water partition coefficient (Wildman–Crippen LogP) is 9.28. The van der Waals surface area contributed by atoms with E-state index in [2.05, 4.69) is 44.5 Å². The first-order chi connectivity index (χ1) is 46.8. The van der Waals surface area contributed by atoms with Gasteiger partial charge < -0.3 is 68.1 Å². The van der Waals surface area contributed by atoms with Crippen molar-refractivity contribution in [3.8, 4) is 0 Å². The fourth-order valence-electron chi connectivity index (χ4n) is 16.4. The summed E-state index contributed by atoms with van der Waals surface area (Å²) in [4.78, 5) is 126. The lowest BCUT2D eigenvalue weighted by Gasteiger charge is -2.41. The smallest absolute Gasteiger partial charge is 0.417 e. The van der Waals surface area contributed by atoms with Crippen LogP contribution < -0.4 is 22.1 Å². The topological polar surface area (TPSA) is 263 Å². The molecule has 0 bridgehead atoms. The molecule has 6 fully saturated rings. The maximum absolute atomic E-state index is 14.2. The van der Waals surface area contributed by atoms with Crippen LogP contribution in [-0.2, 0) is 45.0 Å². The van der Waals surface area contributed by atoms with Gasteiger partial charge in [0.15, 0.2) is 23.4 Å². The van der Waals surface area contributed by atoms with Gasteiger partial charge in [-0.3, -0.25) is 19.6 Å². The molecule has 0 spiro atoms. The van der Waals surface area contributed by atoms with Crippen LogP contribution in [0.1, 0.15) is 110 Å². The maximum atomic E-state index is 14.2. The number of carbonyl (C=O) groups excluding carboxylic acids is 6. The number of ether oxygens (including phenoxy) is 2. The quantitative estimate of drug-likeness (QED) is 0.0890. The zero-order valence-electron chi connectivity index (χ0n) is 56.1. The molecule has 10 heterocycles. The monoisotopic (exact) mass is 1330 g/mol. The van der Waals surface area contributed by atoms with Crippen molar-refractivity contribution in [3.05, 3.63) is 127 Å². The molecule has 6 aromatic rings. The van der Waals surface area contributed by atoms with E-state index in [0.717, 1.165) is 85.4 Å². The number of hydrogen-bond donors (Lipinski definition) is 4. The number of likely N-dealkylation sites (tertiary alicyclic amines) is 6. The number of amides is 8. The van der Waals surface area contributed by atoms with Gasteiger partial charge in [0.1, 0.15) is 5.82 Å². The van der Waals surface area contributed by atoms with Gasteiger partial charge in [0.25, 0.3) is 11.8 Å². The Hall–Kier alpha value is -8.71. The van der Waals surface area contributed by atoms with Gasteiger partial charge in [0, 0.05) is 96.1 Å². The molecule has 2 aromatic heterocycles. The van der Waals surface area contributed by atoms with Gasteiger partial charge in [0.2, 0.25) is 0 Å². The predicted molar refractivity (Wildman–Crippen MR) is 361 cm³/mol. The second kappa shape index (κ2) is 29.2. The van der Waals surface area contributed by atoms with Crippen molar-refractivity contribution in [1.29, 1.82) is 0 Å². The number of para-hydroxylation sites is 2. The summed E-state index contributed by atoms with van der Waals surface area (Å²) < 4.78 is 37.0. The van der Waals surface area contributed by atoms with E-state index >= 15 is 0 Å². The van der Waals surface area contributed by atoms with E-state index in [9.17, 15) is 42.7 Å². The number of aryl methyl sites for hydroxylation is 2. The van der Waals surface area contributed by atoms with E-state index in [1.807, 2.05) is 64.9 Å². The lowest BCUT2D eigenvalue weighted by Crippen LogP contribution is -2.52. The number of hydrogen-bond acceptors (Lipinski definition) is 14. The standard InChI is InChI=1S/C36H45FN6O6.C36H46N6O6/c1-22-18-23(19-29-31(22)39-35(46)48-29)20-30(33(44)41-14-8-25(9-15-41)24-6-12-40(2)13-7-24)49-36(47)42-16-10-27(11-17-42)43-21-26-4-3-5-28(37)32(26)38-34(43)45;1-23-19-24(20-30-32(23)38-35(45)47-30)21-31(33(43)40-15-9-26(10-16-40)25-7-13-39(2)14-8-25)48-36(46)41-17-11-28(12-18-41)42-22-27-5-3-4-6-29(27)37-34(42)44/h3-5,18-19,24-25,27,30H,6-17,20-21H2,1-2H3,(H,38,45)(H,39,46);3-6,19-20,25-26,28,31H,7-18,21-22H2,1-2H3,(H,37,44)(H,38,45). The number of halogens is 1. The number of aromatic amines is 2. The van der Waals surface area contributed by atoms with Crippen LogP contribution in [0.15, 0.2) is 85.2 Å². The first-order valence-electron chi connectivity index (χ1n) is 35.0. The minimum atomic E-state index is -1.05. The number of oxazole rings is 2. The Balaban J connectivity index is 0.000000175. The number of benzene rings is 4. The maximum Gasteiger partial charge on any atom is 0.417 e. The summed E-state index contributed by atoms with van der Waals surface area (Å²) in [6.45, 7) is 13.2. The number of urea groups is 2. The highest BCUT2D eigenvalue weighted by Gasteiger charge is 2.41. The SMILES string of the molecule is Cc1cc(CC(OC(=O)N2CCC(N3Cc4cccc(F)c4NC3=O)CC2)C(=O)N2CCC(C3CCN(C)CC3)CC2)cc2oc(=O)[nH]c12.Cc1cc(CC(OC(=O)N2CCC(N3Cc4ccccc4NC3=O)CC2)C(=O)N2CCC(C3CCN(C)CC3)CC2)cc2oc(=O)[nH]c12. The number of anilines is 2. The lowest BCUT2D eigenvalue weighted by molar-refractivity contribution is -0.143. The summed E-state index contributed by atoms with van der Waals surface area (Å²) in [5, 5.41) is 5.66. The van der Waals surface area contributed by atoms with E-state index in [0.29, 0.717) is 143 Å². The van der Waals surface area contributed by atoms with Crippen molar-refractivity contribution < 1.29 is 51.5 Å². The van der Waals surface area contributed by atoms with E-state index in [1.165, 1.54) is 31.7 Å². The third-order valence-corrected chi connectivity index (χ3v) is 22.1. The second-order valence-corrected chi connectivity index (χ2v) is 28.3. The molecule has 25 heteroatoms. The highest BCUT2D eigenvalue weighted by molar-refractivity contribution is 5.93. The van der Waals surface area contributed by atoms with Crippen LogP contribution in [0.5, 0.6) is 0 Å². The fourth-order valence-corrected chi connectivity index (χ4v) is 16.4. The molecule has 8 aliphatic heterocycles. The number of H-pyrrole nitrogens is 2. The van der Waals surface area contributed by atoms with Crippen LogP contribution >= 0.6 is 0 Å². The van der Waals surface area contributed by atoms with E-state index in [-0.39, 0.29) is 54.5 Å². The van der Waals surface area contributed by atoms with Crippen molar-refractivity contribution in [2.45, 2.75) is 141 Å². The third-order valence-electron chi connectivity index (χ3n) is 22.1. The minimum absolute atomic E-state index is 0.00333. The molecule has 0 radical (unpaired) electrons. The number of rotatable bonds is 12. The number of nitrogens with one attached hydrogen (secondary N) is 4. The number of fused-ring (bicyclic) bond motifs is 4. The molecular weight excluding hydrogens is 1240 g/mol. The molecule has 0 saturated carbocycles. The van der Waals surface area contributed by atoms with Gasteiger partial charge >= 0.3 is 35.8 Å². The summed E-state index contributed by atoms with van der Waals surface area (Å²) in [6.07, 6.45) is 8.06. The van der Waals surface area contributed by atoms with Gasteiger partial charge in [-0.05, 0) is 212 Å². The van der Waals surface area contributed by atoms with Crippen LogP contribution in [0.2, 0.25) is 0 Å². The van der Waals surface area contributed by atoms with Crippen LogP contribution in [0.25, 0.3) is 22.2 Å². The molecule has 8 aliphatic rings. The number of nitrogens with zero attached hydrogens (tertiary/aromatic N) is 8. The normalized spacial score (nSPS) is 20.8. The number of piperidine rings is 6. The van der Waals surface area contributed by atoms with Crippen molar-refractivity contribution in [1.82, 2.24) is 49.2 Å². The lowest BCUT2D eigenvalue weighted by atomic mass is 9.79. The van der Waals surface area contributed by atoms with Crippen molar-refractivity contribution >= 4 is 69.6 Å². The molecule has 2 atom stereocenters. The number of carbonyl (C=O) groups is 6. The van der Waals surface area contributed by atoms with E-state index in [1.54, 1.807) is 39.0 Å². The Labute approximate surface area is 563 Å². The van der Waals surface area contributed by atoms with Gasteiger partial charge in [-0.25, -0.2) is 33.2 Å². The number of aromatic nitrogens is 2. The molecule has 97 heavy (non-hydrogen) atoms. The Morgan fingerprint density at radius 3 is 1.34 bits per heavy atom. The van der Waals surface area contributed by atoms with Gasteiger partial charge in [-0.15, -0.1) is 0 Å². The third kappa shape index (κ3) is 15.2. The molecule has 8 amide bonds. The molecule has 4 N–H and O–H groups in total. The van der Waals surface area contributed by atoms with Crippen LogP contribution in [0, 0.1) is 43.3 Å². The zero-order chi connectivity index (χ0) is 67.6. The van der Waals surface area contributed by atoms with Crippen LogP contribution in [0.4, 0.5) is 34.9 Å². The molecule has 0 aliphatic carbocycles. The molecule has 14 rings (SSSR count). The molecule has 24 nitrogen and oxygen atoms in total. The Morgan fingerprint density at radius 1 is 0.495 bits per heavy atom. The Kier molecular flexibility index (Phi) is 20.1. The van der Waals surface area contributed by atoms with Gasteiger partial charge in [0.05, 0.1) is 16.7 Å². The summed E-state index contributed by atoms with van der Waals surface area (Å²) >= 11 is 0. The van der Waals surface area contributed by atoms with E-state index in [4.69, 9.17) is 18.3 Å². The van der Waals surface area contributed by atoms with Crippen molar-refractivity contribution in [3.63, 3.8) is 0 Å². The van der Waals surface area contributed by atoms with Crippen LogP contribution in [-0.4, -0.2) is 202 Å². The fraction of sp³-hybridized carbons (Fsp3) is 0.556. The van der Waals surface area contributed by atoms with E-state index < -0.39 is 41.7 Å². The summed E-state index contributed by atoms with van der Waals surface area (Å²) in [5.41, 5.74) is 7.97. The highest BCUT2D eigenvalue weighted by Crippen LogP contribution is 2.37. The summed E-state index contributed by atoms with van der Waals surface area (Å²) in [5.74, 6) is 0.648. The molecular formula is C72H91FN12O12. The summed E-state index contributed by atoms with van der Waals surface area (Å²) in [7, 11) is 4.34. The van der Waals surface area contributed by atoms with Crippen LogP contribution in [0.3, 0.4) is 0 Å². The second-order valence-electron chi connectivity index (χ2n) is 28.3. The molecule has 2 unspecified atom stereocenters. The van der Waals surface area contributed by atoms with Gasteiger partial charge in [-0.1, -0.05) is 42.5 Å². The zero-order valence-corrected chi connectivity index (χ0v) is 56.1. The Morgan fingerprint density at radius 2 is 0.887 bits per heavy atom. The minimum Gasteiger partial charge on any atom is -0.436 e. The first kappa shape index (κ1) is 66.9. The molecule has 4 aromatic carbocycles. The molecule has 518 valence electrons. The average molecular weight is 1340 g/mol. The van der Waals surface area contributed by atoms with Crippen molar-refractivity contribution in [2.24, 2.45) is 23.7 Å². The summed E-state index contributed by atoms with van der Waals surface area (Å²) in [6, 6.07) is 19.2.